The molecule has 0 saturated heterocycles. The monoisotopic (exact) mass is 373 g/mol. The summed E-state index contributed by atoms with van der Waals surface area (Å²) in [4.78, 5) is 29.6. The molecule has 0 fully saturated rings. The summed E-state index contributed by atoms with van der Waals surface area (Å²) in [5.74, 6) is 0.697. The van der Waals surface area contributed by atoms with Crippen LogP contribution in [0.5, 0.6) is 0 Å². The predicted molar refractivity (Wildman–Crippen MR) is 108 cm³/mol. The lowest BCUT2D eigenvalue weighted by atomic mass is 10.00. The van der Waals surface area contributed by atoms with Crippen LogP contribution < -0.4 is 4.90 Å². The molecule has 3 aromatic rings. The maximum absolute atomic E-state index is 12.8. The Morgan fingerprint density at radius 2 is 1.86 bits per heavy atom. The van der Waals surface area contributed by atoms with Gasteiger partial charge in [0, 0.05) is 39.1 Å². The minimum Gasteiger partial charge on any atom is -0.358 e. The molecule has 3 heterocycles. The summed E-state index contributed by atoms with van der Waals surface area (Å²) < 4.78 is 0. The Balaban J connectivity index is 1.38. The fraction of sp³-hybridized carbons (Fsp3) is 0.273. The van der Waals surface area contributed by atoms with Gasteiger partial charge in [0.2, 0.25) is 0 Å². The summed E-state index contributed by atoms with van der Waals surface area (Å²) in [6.45, 7) is 2.16. The first kappa shape index (κ1) is 18.1. The Kier molecular flexibility index (Phi) is 5.28. The fourth-order valence-corrected chi connectivity index (χ4v) is 3.42. The van der Waals surface area contributed by atoms with Gasteiger partial charge in [-0.15, -0.1) is 0 Å². The molecule has 1 aliphatic heterocycles. The number of aromatic nitrogens is 3. The Morgan fingerprint density at radius 3 is 2.61 bits per heavy atom. The van der Waals surface area contributed by atoms with Crippen molar-refractivity contribution in [3.8, 4) is 0 Å². The molecule has 0 aliphatic carbocycles. The molecule has 4 rings (SSSR count). The van der Waals surface area contributed by atoms with E-state index < -0.39 is 0 Å². The third kappa shape index (κ3) is 4.01. The van der Waals surface area contributed by atoms with Gasteiger partial charge in [-0.3, -0.25) is 9.78 Å². The number of fused-ring (bicyclic) bond motifs is 1. The number of carbonyl (C=O) groups excluding carboxylic acids is 1. The van der Waals surface area contributed by atoms with Gasteiger partial charge in [0.05, 0.1) is 12.4 Å². The SMILES string of the molecule is CN(CCc1ccncc1)c1cnc(C(=O)N2CCc3ccccc3C2)cn1. The van der Waals surface area contributed by atoms with Crippen molar-refractivity contribution in [2.24, 2.45) is 0 Å². The summed E-state index contributed by atoms with van der Waals surface area (Å²) in [5.41, 5.74) is 4.16. The van der Waals surface area contributed by atoms with Crippen LogP contribution in [0.3, 0.4) is 0 Å². The highest BCUT2D eigenvalue weighted by molar-refractivity contribution is 5.92. The highest BCUT2D eigenvalue weighted by Gasteiger charge is 2.22. The summed E-state index contributed by atoms with van der Waals surface area (Å²) in [6.07, 6.45) is 8.64. The molecule has 2 aromatic heterocycles. The van der Waals surface area contributed by atoms with Gasteiger partial charge < -0.3 is 9.80 Å². The number of hydrogen-bond acceptors (Lipinski definition) is 5. The van der Waals surface area contributed by atoms with Crippen LogP contribution in [-0.4, -0.2) is 45.9 Å². The molecule has 0 N–H and O–H groups in total. The van der Waals surface area contributed by atoms with Gasteiger partial charge in [0.15, 0.2) is 0 Å². The molecule has 0 bridgehead atoms. The van der Waals surface area contributed by atoms with Crippen molar-refractivity contribution in [3.63, 3.8) is 0 Å². The second-order valence-corrected chi connectivity index (χ2v) is 7.03. The second-order valence-electron chi connectivity index (χ2n) is 7.03. The van der Waals surface area contributed by atoms with E-state index in [1.54, 1.807) is 24.8 Å². The molecule has 1 aliphatic rings. The van der Waals surface area contributed by atoms with Crippen molar-refractivity contribution in [3.05, 3.63) is 83.6 Å². The maximum Gasteiger partial charge on any atom is 0.274 e. The zero-order valence-corrected chi connectivity index (χ0v) is 16.0. The van der Waals surface area contributed by atoms with E-state index in [0.717, 1.165) is 25.2 Å². The quantitative estimate of drug-likeness (QED) is 0.688. The van der Waals surface area contributed by atoms with Crippen LogP contribution in [0.2, 0.25) is 0 Å². The molecule has 0 radical (unpaired) electrons. The summed E-state index contributed by atoms with van der Waals surface area (Å²) in [5, 5.41) is 0. The van der Waals surface area contributed by atoms with Crippen LogP contribution in [0.1, 0.15) is 27.2 Å². The summed E-state index contributed by atoms with van der Waals surface area (Å²) >= 11 is 0. The summed E-state index contributed by atoms with van der Waals surface area (Å²) in [7, 11) is 1.98. The van der Waals surface area contributed by atoms with Crippen molar-refractivity contribution < 1.29 is 4.79 Å². The zero-order valence-electron chi connectivity index (χ0n) is 16.0. The van der Waals surface area contributed by atoms with Crippen LogP contribution in [0.15, 0.2) is 61.2 Å². The van der Waals surface area contributed by atoms with Crippen LogP contribution in [0.4, 0.5) is 5.82 Å². The number of anilines is 1. The van der Waals surface area contributed by atoms with Crippen molar-refractivity contribution in [2.75, 3.05) is 25.0 Å². The molecule has 1 amide bonds. The maximum atomic E-state index is 12.8. The zero-order chi connectivity index (χ0) is 19.3. The van der Waals surface area contributed by atoms with E-state index in [-0.39, 0.29) is 5.91 Å². The summed E-state index contributed by atoms with van der Waals surface area (Å²) in [6, 6.07) is 12.3. The average Bonchev–Trinajstić information content (AvgIpc) is 2.77. The standard InChI is InChI=1S/C22H23N5O/c1-26(12-8-17-6-10-23-11-7-17)21-15-24-20(14-25-21)22(28)27-13-9-18-4-2-3-5-19(18)16-27/h2-7,10-11,14-15H,8-9,12-13,16H2,1H3. The van der Waals surface area contributed by atoms with Crippen molar-refractivity contribution in [1.82, 2.24) is 19.9 Å². The smallest absolute Gasteiger partial charge is 0.274 e. The minimum atomic E-state index is -0.0620. The topological polar surface area (TPSA) is 62.2 Å². The molecule has 0 saturated carbocycles. The lowest BCUT2D eigenvalue weighted by Gasteiger charge is -2.28. The number of nitrogens with zero attached hydrogens (tertiary/aromatic N) is 5. The Bertz CT molecular complexity index is 943. The largest absolute Gasteiger partial charge is 0.358 e. The number of carbonyl (C=O) groups is 1. The Hall–Kier alpha value is -3.28. The molecular formula is C22H23N5O. The molecule has 6 nitrogen and oxygen atoms in total. The second kappa shape index (κ2) is 8.17. The molecular weight excluding hydrogens is 350 g/mol. The van der Waals surface area contributed by atoms with Crippen LogP contribution >= 0.6 is 0 Å². The van der Waals surface area contributed by atoms with E-state index in [9.17, 15) is 4.79 Å². The first-order valence-electron chi connectivity index (χ1n) is 9.49. The highest BCUT2D eigenvalue weighted by Crippen LogP contribution is 2.20. The number of amides is 1. The van der Waals surface area contributed by atoms with Gasteiger partial charge in [-0.25, -0.2) is 9.97 Å². The molecule has 0 atom stereocenters. The molecule has 1 aromatic carbocycles. The van der Waals surface area contributed by atoms with Gasteiger partial charge in [-0.2, -0.15) is 0 Å². The average molecular weight is 373 g/mol. The van der Waals surface area contributed by atoms with Crippen molar-refractivity contribution in [2.45, 2.75) is 19.4 Å². The van der Waals surface area contributed by atoms with E-state index in [2.05, 4.69) is 27.1 Å². The van der Waals surface area contributed by atoms with Gasteiger partial charge >= 0.3 is 0 Å². The fourth-order valence-electron chi connectivity index (χ4n) is 3.42. The Labute approximate surface area is 164 Å². The lowest BCUT2D eigenvalue weighted by molar-refractivity contribution is 0.0728. The van der Waals surface area contributed by atoms with E-state index in [4.69, 9.17) is 0 Å². The molecule has 0 spiro atoms. The first-order valence-corrected chi connectivity index (χ1v) is 9.49. The van der Waals surface area contributed by atoms with Gasteiger partial charge in [0.1, 0.15) is 11.5 Å². The third-order valence-corrected chi connectivity index (χ3v) is 5.15. The van der Waals surface area contributed by atoms with Gasteiger partial charge in [-0.1, -0.05) is 24.3 Å². The Morgan fingerprint density at radius 1 is 1.07 bits per heavy atom. The van der Waals surface area contributed by atoms with E-state index in [1.165, 1.54) is 16.7 Å². The molecule has 142 valence electrons. The van der Waals surface area contributed by atoms with E-state index in [0.29, 0.717) is 18.8 Å². The number of pyridine rings is 1. The van der Waals surface area contributed by atoms with Crippen LogP contribution in [-0.2, 0) is 19.4 Å². The van der Waals surface area contributed by atoms with Gasteiger partial charge in [-0.05, 0) is 41.7 Å². The van der Waals surface area contributed by atoms with Crippen LogP contribution in [0, 0.1) is 0 Å². The van der Waals surface area contributed by atoms with E-state index >= 15 is 0 Å². The number of benzene rings is 1. The molecule has 6 heteroatoms. The normalized spacial score (nSPS) is 13.1. The molecule has 28 heavy (non-hydrogen) atoms. The number of hydrogen-bond donors (Lipinski definition) is 0. The van der Waals surface area contributed by atoms with Crippen LogP contribution in [0.25, 0.3) is 0 Å². The first-order chi connectivity index (χ1) is 13.7. The number of rotatable bonds is 5. The lowest BCUT2D eigenvalue weighted by Crippen LogP contribution is -2.36. The molecule has 0 unspecified atom stereocenters. The van der Waals surface area contributed by atoms with E-state index in [1.807, 2.05) is 41.1 Å². The minimum absolute atomic E-state index is 0.0620. The van der Waals surface area contributed by atoms with Crippen molar-refractivity contribution >= 4 is 11.7 Å². The predicted octanol–water partition coefficient (Wildman–Crippen LogP) is 2.75. The van der Waals surface area contributed by atoms with Gasteiger partial charge in [0.25, 0.3) is 5.91 Å². The third-order valence-electron chi connectivity index (χ3n) is 5.15. The highest BCUT2D eigenvalue weighted by atomic mass is 16.2. The number of likely N-dealkylation sites (N-methyl/N-ethyl adjacent to an activating group) is 1. The van der Waals surface area contributed by atoms with Crippen molar-refractivity contribution in [1.29, 1.82) is 0 Å².